The van der Waals surface area contributed by atoms with E-state index in [1.54, 1.807) is 19.4 Å². The lowest BCUT2D eigenvalue weighted by Gasteiger charge is -2.36. The van der Waals surface area contributed by atoms with Crippen LogP contribution in [0.25, 0.3) is 0 Å². The molecule has 1 aliphatic heterocycles. The molecule has 2 aromatic carbocycles. The van der Waals surface area contributed by atoms with Gasteiger partial charge in [0.2, 0.25) is 5.95 Å². The molecule has 0 amide bonds. The first-order chi connectivity index (χ1) is 13.7. The highest BCUT2D eigenvalue weighted by molar-refractivity contribution is 5.58. The molecule has 1 aliphatic rings. The Morgan fingerprint density at radius 1 is 1.00 bits per heavy atom. The lowest BCUT2D eigenvalue weighted by atomic mass is 10.2. The van der Waals surface area contributed by atoms with Crippen molar-refractivity contribution >= 4 is 23.1 Å². The number of benzene rings is 2. The van der Waals surface area contributed by atoms with Crippen LogP contribution in [0.3, 0.4) is 0 Å². The Bertz CT molecular complexity index is 945. The average molecular weight is 380 g/mol. The number of hydrogen-bond acceptors (Lipinski definition) is 7. The number of methoxy groups -OCH3 is 1. The molecule has 0 saturated carbocycles. The van der Waals surface area contributed by atoms with Gasteiger partial charge < -0.3 is 19.9 Å². The van der Waals surface area contributed by atoms with E-state index in [9.17, 15) is 4.39 Å². The average Bonchev–Trinajstić information content (AvgIpc) is 2.75. The van der Waals surface area contributed by atoms with Crippen molar-refractivity contribution < 1.29 is 9.13 Å². The Balaban J connectivity index is 1.43. The van der Waals surface area contributed by atoms with Gasteiger partial charge in [0.05, 0.1) is 19.0 Å². The number of halogens is 1. The Kier molecular flexibility index (Phi) is 5.18. The molecule has 144 valence electrons. The number of para-hydroxylation sites is 1. The molecule has 0 atom stereocenters. The number of hydrogen-bond donors (Lipinski definition) is 1. The molecular weight excluding hydrogens is 359 g/mol. The summed E-state index contributed by atoms with van der Waals surface area (Å²) in [6.07, 6.45) is 1.58. The van der Waals surface area contributed by atoms with E-state index in [0.29, 0.717) is 43.6 Å². The van der Waals surface area contributed by atoms with E-state index in [1.165, 1.54) is 6.07 Å². The number of rotatable bonds is 5. The van der Waals surface area contributed by atoms with Crippen molar-refractivity contribution in [3.8, 4) is 5.75 Å². The van der Waals surface area contributed by atoms with Crippen LogP contribution >= 0.6 is 0 Å². The first-order valence-electron chi connectivity index (χ1n) is 9.08. The van der Waals surface area contributed by atoms with Crippen molar-refractivity contribution in [2.24, 2.45) is 0 Å². The molecule has 1 aromatic heterocycles. The Hall–Kier alpha value is -3.42. The van der Waals surface area contributed by atoms with Crippen LogP contribution in [0.4, 0.5) is 27.5 Å². The van der Waals surface area contributed by atoms with E-state index in [1.807, 2.05) is 41.3 Å². The number of anilines is 4. The third-order valence-corrected chi connectivity index (χ3v) is 4.65. The molecule has 28 heavy (non-hydrogen) atoms. The highest BCUT2D eigenvalue weighted by atomic mass is 19.1. The van der Waals surface area contributed by atoms with Gasteiger partial charge >= 0.3 is 0 Å². The largest absolute Gasteiger partial charge is 0.497 e. The summed E-state index contributed by atoms with van der Waals surface area (Å²) in [4.78, 5) is 8.67. The van der Waals surface area contributed by atoms with Crippen LogP contribution in [-0.2, 0) is 0 Å². The molecule has 0 spiro atoms. The van der Waals surface area contributed by atoms with Gasteiger partial charge in [-0.1, -0.05) is 18.2 Å². The minimum atomic E-state index is -0.196. The van der Waals surface area contributed by atoms with Gasteiger partial charge in [-0.15, -0.1) is 5.10 Å². The maximum atomic E-state index is 14.0. The summed E-state index contributed by atoms with van der Waals surface area (Å²) in [6.45, 7) is 2.77. The summed E-state index contributed by atoms with van der Waals surface area (Å²) in [6, 6.07) is 14.4. The fraction of sp³-hybridized carbons (Fsp3) is 0.250. The lowest BCUT2D eigenvalue weighted by molar-refractivity contribution is 0.415. The van der Waals surface area contributed by atoms with Crippen molar-refractivity contribution in [3.05, 3.63) is 60.5 Å². The molecule has 0 aliphatic carbocycles. The lowest BCUT2D eigenvalue weighted by Crippen LogP contribution is -2.47. The molecule has 2 heterocycles. The molecule has 7 nitrogen and oxygen atoms in total. The van der Waals surface area contributed by atoms with Crippen LogP contribution in [0.2, 0.25) is 0 Å². The fourth-order valence-electron chi connectivity index (χ4n) is 3.19. The predicted octanol–water partition coefficient (Wildman–Crippen LogP) is 3.09. The normalized spacial score (nSPS) is 14.1. The van der Waals surface area contributed by atoms with E-state index in [0.717, 1.165) is 11.4 Å². The van der Waals surface area contributed by atoms with E-state index in [2.05, 4.69) is 25.4 Å². The van der Waals surface area contributed by atoms with Crippen LogP contribution in [0.15, 0.2) is 54.7 Å². The second kappa shape index (κ2) is 8.08. The summed E-state index contributed by atoms with van der Waals surface area (Å²) in [5.74, 6) is 1.73. The first-order valence-corrected chi connectivity index (χ1v) is 9.08. The van der Waals surface area contributed by atoms with Gasteiger partial charge in [-0.05, 0) is 24.3 Å². The van der Waals surface area contributed by atoms with Crippen LogP contribution in [-0.4, -0.2) is 48.5 Å². The van der Waals surface area contributed by atoms with Gasteiger partial charge in [0.1, 0.15) is 11.6 Å². The van der Waals surface area contributed by atoms with Crippen molar-refractivity contribution in [1.29, 1.82) is 0 Å². The van der Waals surface area contributed by atoms with Crippen LogP contribution in [0.5, 0.6) is 5.75 Å². The standard InChI is InChI=1S/C20H21FN6O/c1-28-16-6-4-5-15(13-16)23-19-14-22-25-20(24-19)27-11-9-26(10-12-27)18-8-3-2-7-17(18)21/h2-8,13-14H,9-12H2,1H3,(H,23,24,25). The number of nitrogens with one attached hydrogen (secondary N) is 1. The minimum Gasteiger partial charge on any atom is -0.497 e. The van der Waals surface area contributed by atoms with Crippen LogP contribution in [0.1, 0.15) is 0 Å². The van der Waals surface area contributed by atoms with Crippen molar-refractivity contribution in [2.45, 2.75) is 0 Å². The van der Waals surface area contributed by atoms with Gasteiger partial charge in [-0.2, -0.15) is 10.1 Å². The Morgan fingerprint density at radius 3 is 2.57 bits per heavy atom. The van der Waals surface area contributed by atoms with Crippen LogP contribution < -0.4 is 19.9 Å². The number of nitrogens with zero attached hydrogens (tertiary/aromatic N) is 5. The quantitative estimate of drug-likeness (QED) is 0.730. The van der Waals surface area contributed by atoms with E-state index in [4.69, 9.17) is 4.74 Å². The zero-order valence-electron chi connectivity index (χ0n) is 15.5. The maximum absolute atomic E-state index is 14.0. The zero-order valence-corrected chi connectivity index (χ0v) is 15.5. The number of aromatic nitrogens is 3. The van der Waals surface area contributed by atoms with E-state index in [-0.39, 0.29) is 5.82 Å². The number of ether oxygens (including phenoxy) is 1. The maximum Gasteiger partial charge on any atom is 0.247 e. The molecule has 1 N–H and O–H groups in total. The van der Waals surface area contributed by atoms with Crippen molar-refractivity contribution in [1.82, 2.24) is 15.2 Å². The fourth-order valence-corrected chi connectivity index (χ4v) is 3.19. The summed E-state index contributed by atoms with van der Waals surface area (Å²) in [5, 5.41) is 11.4. The van der Waals surface area contributed by atoms with E-state index >= 15 is 0 Å². The van der Waals surface area contributed by atoms with Gasteiger partial charge in [-0.3, -0.25) is 0 Å². The van der Waals surface area contributed by atoms with Gasteiger partial charge in [0.15, 0.2) is 5.82 Å². The Labute approximate surface area is 162 Å². The van der Waals surface area contributed by atoms with Gasteiger partial charge in [-0.25, -0.2) is 4.39 Å². The van der Waals surface area contributed by atoms with Crippen molar-refractivity contribution in [3.63, 3.8) is 0 Å². The van der Waals surface area contributed by atoms with Gasteiger partial charge in [0.25, 0.3) is 0 Å². The molecule has 1 saturated heterocycles. The SMILES string of the molecule is COc1cccc(Nc2cnnc(N3CCN(c4ccccc4F)CC3)n2)c1. The summed E-state index contributed by atoms with van der Waals surface area (Å²) >= 11 is 0. The molecule has 0 bridgehead atoms. The molecule has 3 aromatic rings. The second-order valence-corrected chi connectivity index (χ2v) is 6.42. The second-order valence-electron chi connectivity index (χ2n) is 6.42. The Morgan fingerprint density at radius 2 is 1.79 bits per heavy atom. The van der Waals surface area contributed by atoms with E-state index < -0.39 is 0 Å². The molecule has 8 heteroatoms. The van der Waals surface area contributed by atoms with Crippen LogP contribution in [0, 0.1) is 5.82 Å². The number of piperazine rings is 1. The highest BCUT2D eigenvalue weighted by Crippen LogP contribution is 2.23. The molecule has 0 unspecified atom stereocenters. The molecule has 1 fully saturated rings. The smallest absolute Gasteiger partial charge is 0.247 e. The predicted molar refractivity (Wildman–Crippen MR) is 107 cm³/mol. The van der Waals surface area contributed by atoms with Gasteiger partial charge in [0, 0.05) is 37.9 Å². The molecular formula is C20H21FN6O. The molecule has 0 radical (unpaired) electrons. The monoisotopic (exact) mass is 380 g/mol. The topological polar surface area (TPSA) is 66.4 Å². The highest BCUT2D eigenvalue weighted by Gasteiger charge is 2.21. The first kappa shape index (κ1) is 18.0. The van der Waals surface area contributed by atoms with Crippen molar-refractivity contribution in [2.75, 3.05) is 48.4 Å². The summed E-state index contributed by atoms with van der Waals surface area (Å²) in [7, 11) is 1.63. The minimum absolute atomic E-state index is 0.196. The summed E-state index contributed by atoms with van der Waals surface area (Å²) < 4.78 is 19.2. The molecule has 4 rings (SSSR count). The third kappa shape index (κ3) is 3.95. The zero-order chi connectivity index (χ0) is 19.3. The summed E-state index contributed by atoms with van der Waals surface area (Å²) in [5.41, 5.74) is 1.49. The third-order valence-electron chi connectivity index (χ3n) is 4.65.